The number of ether oxygens (including phenoxy) is 1. The third-order valence-corrected chi connectivity index (χ3v) is 7.80. The van der Waals surface area contributed by atoms with E-state index >= 15 is 0 Å². The van der Waals surface area contributed by atoms with Crippen LogP contribution in [0.3, 0.4) is 0 Å². The summed E-state index contributed by atoms with van der Waals surface area (Å²) in [4.78, 5) is 53.7. The van der Waals surface area contributed by atoms with Crippen LogP contribution in [0.25, 0.3) is 11.0 Å². The Morgan fingerprint density at radius 3 is 2.37 bits per heavy atom. The number of benzene rings is 2. The molecule has 3 amide bonds. The number of Topliss-reactive ketones (excluding diaryl/α,β-unsaturated/α-hetero) is 1. The normalized spacial score (nSPS) is 17.8. The Hall–Kier alpha value is -4.42. The Kier molecular flexibility index (Phi) is 8.69. The predicted octanol–water partition coefficient (Wildman–Crippen LogP) is 3.89. The molecule has 228 valence electrons. The molecule has 5 rings (SSSR count). The largest absolute Gasteiger partial charge is 0.479 e. The van der Waals surface area contributed by atoms with Crippen LogP contribution < -0.4 is 15.4 Å². The third-order valence-electron chi connectivity index (χ3n) is 7.80. The van der Waals surface area contributed by atoms with Crippen LogP contribution in [-0.2, 0) is 14.4 Å². The molecule has 0 radical (unpaired) electrons. The first-order chi connectivity index (χ1) is 20.5. The van der Waals surface area contributed by atoms with E-state index in [1.165, 1.54) is 11.9 Å². The average Bonchev–Trinajstić information content (AvgIpc) is 3.56. The monoisotopic (exact) mass is 603 g/mol. The number of ketones is 1. The van der Waals surface area contributed by atoms with Crippen LogP contribution in [0, 0.1) is 35.1 Å². The van der Waals surface area contributed by atoms with Gasteiger partial charge in [0, 0.05) is 31.0 Å². The molecule has 0 bridgehead atoms. The summed E-state index contributed by atoms with van der Waals surface area (Å²) in [5, 5.41) is 5.93. The fourth-order valence-electron chi connectivity index (χ4n) is 5.13. The number of halogens is 4. The zero-order valence-electron chi connectivity index (χ0n) is 23.1. The van der Waals surface area contributed by atoms with E-state index in [1.807, 2.05) is 0 Å². The van der Waals surface area contributed by atoms with Crippen LogP contribution >= 0.6 is 0 Å². The summed E-state index contributed by atoms with van der Waals surface area (Å²) in [7, 11) is 1.44. The van der Waals surface area contributed by atoms with Crippen LogP contribution in [0.5, 0.6) is 5.75 Å². The van der Waals surface area contributed by atoms with Gasteiger partial charge >= 0.3 is 0 Å². The van der Waals surface area contributed by atoms with Crippen molar-refractivity contribution in [1.29, 1.82) is 0 Å². The maximum atomic E-state index is 14.1. The van der Waals surface area contributed by atoms with Crippen molar-refractivity contribution in [2.75, 3.05) is 20.2 Å². The molecule has 3 atom stereocenters. The van der Waals surface area contributed by atoms with E-state index < -0.39 is 71.2 Å². The molecule has 43 heavy (non-hydrogen) atoms. The lowest BCUT2D eigenvalue weighted by atomic mass is 9.95. The van der Waals surface area contributed by atoms with E-state index in [-0.39, 0.29) is 30.1 Å². The van der Waals surface area contributed by atoms with Crippen molar-refractivity contribution in [3.63, 3.8) is 0 Å². The Morgan fingerprint density at radius 1 is 1.05 bits per heavy atom. The number of hydrogen-bond acceptors (Lipinski definition) is 6. The fraction of sp³-hybridized carbons (Fsp3) is 0.400. The number of fused-ring (bicyclic) bond motifs is 1. The lowest BCUT2D eigenvalue weighted by molar-refractivity contribution is -0.132. The second-order valence-electron chi connectivity index (χ2n) is 10.9. The number of para-hydroxylation sites is 1. The molecule has 0 spiro atoms. The molecule has 2 aromatic carbocycles. The molecular weight excluding hydrogens is 574 g/mol. The quantitative estimate of drug-likeness (QED) is 0.240. The highest BCUT2D eigenvalue weighted by Crippen LogP contribution is 2.35. The van der Waals surface area contributed by atoms with Crippen LogP contribution in [0.15, 0.2) is 40.8 Å². The molecule has 1 aromatic heterocycles. The van der Waals surface area contributed by atoms with E-state index in [0.29, 0.717) is 30.4 Å². The molecule has 2 aliphatic rings. The fourth-order valence-corrected chi connectivity index (χ4v) is 5.13. The first-order valence-electron chi connectivity index (χ1n) is 13.9. The highest BCUT2D eigenvalue weighted by atomic mass is 19.2. The van der Waals surface area contributed by atoms with Gasteiger partial charge in [-0.05, 0) is 37.3 Å². The van der Waals surface area contributed by atoms with Gasteiger partial charge in [-0.3, -0.25) is 19.2 Å². The van der Waals surface area contributed by atoms with Crippen molar-refractivity contribution in [1.82, 2.24) is 15.5 Å². The lowest BCUT2D eigenvalue weighted by Gasteiger charge is -2.29. The van der Waals surface area contributed by atoms with Gasteiger partial charge in [0.25, 0.3) is 5.91 Å². The number of carbonyl (C=O) groups excluding carboxylic acids is 4. The van der Waals surface area contributed by atoms with Crippen molar-refractivity contribution < 1.29 is 45.9 Å². The van der Waals surface area contributed by atoms with Crippen LogP contribution in [-0.4, -0.2) is 60.7 Å². The SMILES string of the molecule is CN(C(=O)c1cc2ccccc2o1)C(CC1CC1)C(=O)NC(CC1CCNC1=O)C(=O)COc1c(F)c(F)cc(F)c1F. The number of nitrogens with one attached hydrogen (secondary N) is 2. The minimum Gasteiger partial charge on any atom is -0.479 e. The Bertz CT molecular complexity index is 1510. The molecule has 1 aliphatic heterocycles. The van der Waals surface area contributed by atoms with Crippen LogP contribution in [0.4, 0.5) is 17.6 Å². The van der Waals surface area contributed by atoms with Crippen molar-refractivity contribution in [3.8, 4) is 5.75 Å². The van der Waals surface area contributed by atoms with Crippen molar-refractivity contribution >= 4 is 34.5 Å². The number of hydrogen-bond donors (Lipinski definition) is 2. The van der Waals surface area contributed by atoms with Gasteiger partial charge in [-0.25, -0.2) is 8.78 Å². The molecule has 1 saturated carbocycles. The van der Waals surface area contributed by atoms with Crippen molar-refractivity contribution in [2.45, 2.75) is 44.2 Å². The van der Waals surface area contributed by atoms with Crippen LogP contribution in [0.1, 0.15) is 42.7 Å². The van der Waals surface area contributed by atoms with E-state index in [4.69, 9.17) is 9.15 Å². The van der Waals surface area contributed by atoms with E-state index in [2.05, 4.69) is 10.6 Å². The number of likely N-dealkylation sites (N-methyl/N-ethyl adjacent to an activating group) is 1. The smallest absolute Gasteiger partial charge is 0.290 e. The van der Waals surface area contributed by atoms with Gasteiger partial charge in [-0.1, -0.05) is 31.0 Å². The highest BCUT2D eigenvalue weighted by molar-refractivity contribution is 5.99. The van der Waals surface area contributed by atoms with Gasteiger partial charge < -0.3 is 24.7 Å². The Labute approximate surface area is 243 Å². The summed E-state index contributed by atoms with van der Waals surface area (Å²) in [6, 6.07) is 6.20. The minimum atomic E-state index is -1.82. The third kappa shape index (κ3) is 6.65. The lowest BCUT2D eigenvalue weighted by Crippen LogP contribution is -2.53. The molecule has 9 nitrogen and oxygen atoms in total. The van der Waals surface area contributed by atoms with E-state index in [0.717, 1.165) is 12.8 Å². The molecule has 3 unspecified atom stereocenters. The molecule has 13 heteroatoms. The maximum Gasteiger partial charge on any atom is 0.290 e. The van der Waals surface area contributed by atoms with Crippen molar-refractivity contribution in [3.05, 3.63) is 65.4 Å². The number of furan rings is 1. The van der Waals surface area contributed by atoms with Gasteiger partial charge in [0.1, 0.15) is 18.2 Å². The predicted molar refractivity (Wildman–Crippen MR) is 144 cm³/mol. The molecule has 1 saturated heterocycles. The summed E-state index contributed by atoms with van der Waals surface area (Å²) < 4.78 is 66.0. The highest BCUT2D eigenvalue weighted by Gasteiger charge is 2.38. The Balaban J connectivity index is 1.35. The molecule has 2 fully saturated rings. The van der Waals surface area contributed by atoms with E-state index in [1.54, 1.807) is 30.3 Å². The average molecular weight is 604 g/mol. The van der Waals surface area contributed by atoms with Gasteiger partial charge in [-0.15, -0.1) is 0 Å². The summed E-state index contributed by atoms with van der Waals surface area (Å²) in [5.41, 5.74) is 0.494. The first kappa shape index (κ1) is 30.1. The molecule has 1 aliphatic carbocycles. The molecule has 2 heterocycles. The second kappa shape index (κ2) is 12.4. The summed E-state index contributed by atoms with van der Waals surface area (Å²) in [6.07, 6.45) is 2.22. The van der Waals surface area contributed by atoms with E-state index in [9.17, 15) is 36.7 Å². The summed E-state index contributed by atoms with van der Waals surface area (Å²) >= 11 is 0. The second-order valence-corrected chi connectivity index (χ2v) is 10.9. The number of carbonyl (C=O) groups is 4. The zero-order valence-corrected chi connectivity index (χ0v) is 23.1. The molecule has 3 aromatic rings. The Morgan fingerprint density at radius 2 is 1.74 bits per heavy atom. The van der Waals surface area contributed by atoms with Crippen molar-refractivity contribution in [2.24, 2.45) is 11.8 Å². The van der Waals surface area contributed by atoms with Gasteiger partial charge in [-0.2, -0.15) is 8.78 Å². The van der Waals surface area contributed by atoms with Gasteiger partial charge in [0.2, 0.25) is 23.4 Å². The zero-order chi connectivity index (χ0) is 30.8. The number of rotatable bonds is 12. The minimum absolute atomic E-state index is 0.00420. The van der Waals surface area contributed by atoms with Crippen LogP contribution in [0.2, 0.25) is 0 Å². The molecular formula is C30H29F4N3O6. The summed E-state index contributed by atoms with van der Waals surface area (Å²) in [6.45, 7) is -0.704. The number of nitrogens with zero attached hydrogens (tertiary/aromatic N) is 1. The maximum absolute atomic E-state index is 14.1. The summed E-state index contributed by atoms with van der Waals surface area (Å²) in [5.74, 6) is -11.4. The standard InChI is InChI=1S/C30H29F4N3O6/c1-37(30(41)24-12-16-4-2-3-5-23(16)43-24)21(10-15-6-7-15)29(40)36-20(11-17-8-9-35-28(17)39)22(38)14-42-27-25(33)18(31)13-19(32)26(27)34/h2-5,12-13,15,17,20-21H,6-11,14H2,1H3,(H,35,39)(H,36,40). The van der Waals surface area contributed by atoms with Gasteiger partial charge in [0.15, 0.2) is 28.9 Å². The topological polar surface area (TPSA) is 118 Å². The van der Waals surface area contributed by atoms with Gasteiger partial charge in [0.05, 0.1) is 6.04 Å². The first-order valence-corrected chi connectivity index (χ1v) is 13.9. The molecule has 2 N–H and O–H groups in total. The number of amides is 3.